The molecule has 0 radical (unpaired) electrons. The van der Waals surface area contributed by atoms with Crippen molar-refractivity contribution < 1.29 is 0 Å². The van der Waals surface area contributed by atoms with Gasteiger partial charge in [-0.2, -0.15) is 5.10 Å². The fourth-order valence-corrected chi connectivity index (χ4v) is 2.04. The molecule has 2 aromatic rings. The van der Waals surface area contributed by atoms with Crippen LogP contribution in [0.1, 0.15) is 39.2 Å². The summed E-state index contributed by atoms with van der Waals surface area (Å²) >= 11 is 0. The summed E-state index contributed by atoms with van der Waals surface area (Å²) in [5.74, 6) is 2.09. The molecule has 0 atom stereocenters. The predicted octanol–water partition coefficient (Wildman–Crippen LogP) is 1.32. The summed E-state index contributed by atoms with van der Waals surface area (Å²) < 4.78 is 3.75. The molecule has 0 aliphatic carbocycles. The van der Waals surface area contributed by atoms with Gasteiger partial charge in [0.1, 0.15) is 18.7 Å². The standard InChI is InChI=1S/C14H25N7/c1-11(2)5-15-6-13-8-20(19-18-13)9-14-16-10-17-21(14)7-12(3)4/h8,10-12,15H,5-7,9H2,1-4H3. The predicted molar refractivity (Wildman–Crippen MR) is 80.5 cm³/mol. The lowest BCUT2D eigenvalue weighted by atomic mass is 10.2. The molecule has 0 unspecified atom stereocenters. The first-order valence-electron chi connectivity index (χ1n) is 7.51. The van der Waals surface area contributed by atoms with Crippen molar-refractivity contribution in [2.45, 2.75) is 47.3 Å². The molecule has 7 nitrogen and oxygen atoms in total. The molecule has 0 bridgehead atoms. The molecule has 0 saturated carbocycles. The minimum atomic E-state index is 0.539. The molecule has 7 heteroatoms. The number of rotatable bonds is 8. The Morgan fingerprint density at radius 1 is 1.19 bits per heavy atom. The Balaban J connectivity index is 1.92. The molecule has 0 aromatic carbocycles. The van der Waals surface area contributed by atoms with Gasteiger partial charge in [0.2, 0.25) is 0 Å². The first-order chi connectivity index (χ1) is 10.0. The summed E-state index contributed by atoms with van der Waals surface area (Å²) in [4.78, 5) is 4.31. The summed E-state index contributed by atoms with van der Waals surface area (Å²) in [7, 11) is 0. The molecule has 2 heterocycles. The van der Waals surface area contributed by atoms with Crippen LogP contribution in [0, 0.1) is 11.8 Å². The van der Waals surface area contributed by atoms with Gasteiger partial charge < -0.3 is 5.32 Å². The van der Waals surface area contributed by atoms with Crippen molar-refractivity contribution in [2.24, 2.45) is 11.8 Å². The number of hydrogen-bond donors (Lipinski definition) is 1. The topological polar surface area (TPSA) is 73.5 Å². The van der Waals surface area contributed by atoms with Gasteiger partial charge in [0.05, 0.1) is 11.9 Å². The van der Waals surface area contributed by atoms with Crippen molar-refractivity contribution in [1.29, 1.82) is 0 Å². The molecule has 0 saturated heterocycles. The van der Waals surface area contributed by atoms with Crippen molar-refractivity contribution in [1.82, 2.24) is 35.1 Å². The monoisotopic (exact) mass is 291 g/mol. The molecule has 21 heavy (non-hydrogen) atoms. The average Bonchev–Trinajstić information content (AvgIpc) is 3.00. The lowest BCUT2D eigenvalue weighted by Gasteiger charge is -2.08. The molecule has 0 fully saturated rings. The van der Waals surface area contributed by atoms with Gasteiger partial charge in [0.25, 0.3) is 0 Å². The van der Waals surface area contributed by atoms with Gasteiger partial charge in [0.15, 0.2) is 0 Å². The minimum absolute atomic E-state index is 0.539. The minimum Gasteiger partial charge on any atom is -0.311 e. The van der Waals surface area contributed by atoms with Crippen LogP contribution in [0.25, 0.3) is 0 Å². The highest BCUT2D eigenvalue weighted by Crippen LogP contribution is 2.03. The van der Waals surface area contributed by atoms with E-state index in [0.29, 0.717) is 18.4 Å². The Morgan fingerprint density at radius 3 is 2.71 bits per heavy atom. The molecule has 116 valence electrons. The Morgan fingerprint density at radius 2 is 2.00 bits per heavy atom. The highest BCUT2D eigenvalue weighted by molar-refractivity contribution is 4.94. The molecular formula is C14H25N7. The molecule has 0 aliphatic heterocycles. The zero-order valence-corrected chi connectivity index (χ0v) is 13.3. The molecule has 0 aliphatic rings. The van der Waals surface area contributed by atoms with Crippen molar-refractivity contribution >= 4 is 0 Å². The number of nitrogens with zero attached hydrogens (tertiary/aromatic N) is 6. The Hall–Kier alpha value is -1.76. The van der Waals surface area contributed by atoms with Crippen molar-refractivity contribution in [3.63, 3.8) is 0 Å². The van der Waals surface area contributed by atoms with E-state index in [-0.39, 0.29) is 0 Å². The van der Waals surface area contributed by atoms with Crippen LogP contribution in [-0.2, 0) is 19.6 Å². The van der Waals surface area contributed by atoms with Crippen molar-refractivity contribution in [3.8, 4) is 0 Å². The quantitative estimate of drug-likeness (QED) is 0.794. The van der Waals surface area contributed by atoms with E-state index in [9.17, 15) is 0 Å². The highest BCUT2D eigenvalue weighted by atomic mass is 15.4. The van der Waals surface area contributed by atoms with E-state index >= 15 is 0 Å². The lowest BCUT2D eigenvalue weighted by molar-refractivity contribution is 0.455. The van der Waals surface area contributed by atoms with Gasteiger partial charge >= 0.3 is 0 Å². The molecule has 2 rings (SSSR count). The van der Waals surface area contributed by atoms with E-state index in [1.54, 1.807) is 6.33 Å². The molecule has 1 N–H and O–H groups in total. The van der Waals surface area contributed by atoms with E-state index < -0.39 is 0 Å². The average molecular weight is 291 g/mol. The van der Waals surface area contributed by atoms with Crippen LogP contribution in [0.5, 0.6) is 0 Å². The van der Waals surface area contributed by atoms with Gasteiger partial charge in [-0.3, -0.25) is 0 Å². The Kier molecular flexibility index (Phi) is 5.44. The number of aromatic nitrogens is 6. The molecule has 2 aromatic heterocycles. The van der Waals surface area contributed by atoms with Crippen LogP contribution >= 0.6 is 0 Å². The van der Waals surface area contributed by atoms with Crippen LogP contribution in [0.4, 0.5) is 0 Å². The second kappa shape index (κ2) is 7.31. The van der Waals surface area contributed by atoms with Gasteiger partial charge in [-0.15, -0.1) is 5.10 Å². The van der Waals surface area contributed by atoms with Crippen LogP contribution in [-0.4, -0.2) is 36.3 Å². The van der Waals surface area contributed by atoms with Crippen LogP contribution < -0.4 is 5.32 Å². The van der Waals surface area contributed by atoms with E-state index in [4.69, 9.17) is 0 Å². The number of hydrogen-bond acceptors (Lipinski definition) is 5. The second-order valence-corrected chi connectivity index (χ2v) is 6.18. The molecule has 0 amide bonds. The summed E-state index contributed by atoms with van der Waals surface area (Å²) in [6.07, 6.45) is 3.56. The Bertz CT molecular complexity index is 541. The fraction of sp³-hybridized carbons (Fsp3) is 0.714. The fourth-order valence-electron chi connectivity index (χ4n) is 2.04. The summed E-state index contributed by atoms with van der Waals surface area (Å²) in [5.41, 5.74) is 0.950. The van der Waals surface area contributed by atoms with Crippen LogP contribution in [0.15, 0.2) is 12.5 Å². The van der Waals surface area contributed by atoms with E-state index in [1.165, 1.54) is 0 Å². The Labute approximate surface area is 125 Å². The first-order valence-corrected chi connectivity index (χ1v) is 7.51. The summed E-state index contributed by atoms with van der Waals surface area (Å²) in [6, 6.07) is 0. The third-order valence-corrected chi connectivity index (χ3v) is 2.98. The van der Waals surface area contributed by atoms with E-state index in [2.05, 4.69) is 53.4 Å². The third-order valence-electron chi connectivity index (χ3n) is 2.98. The van der Waals surface area contributed by atoms with E-state index in [1.807, 2.05) is 15.6 Å². The van der Waals surface area contributed by atoms with Gasteiger partial charge in [0, 0.05) is 13.1 Å². The summed E-state index contributed by atoms with van der Waals surface area (Å²) in [6.45, 7) is 11.9. The lowest BCUT2D eigenvalue weighted by Crippen LogP contribution is -2.19. The maximum atomic E-state index is 4.31. The van der Waals surface area contributed by atoms with E-state index in [0.717, 1.165) is 31.2 Å². The smallest absolute Gasteiger partial charge is 0.148 e. The first kappa shape index (κ1) is 15.6. The zero-order chi connectivity index (χ0) is 15.2. The largest absolute Gasteiger partial charge is 0.311 e. The molecule has 0 spiro atoms. The SMILES string of the molecule is CC(C)CNCc1cn(Cc2ncnn2CC(C)C)nn1. The summed E-state index contributed by atoms with van der Waals surface area (Å²) in [5, 5.41) is 16.0. The van der Waals surface area contributed by atoms with Gasteiger partial charge in [-0.1, -0.05) is 32.9 Å². The van der Waals surface area contributed by atoms with Crippen LogP contribution in [0.2, 0.25) is 0 Å². The maximum Gasteiger partial charge on any atom is 0.148 e. The van der Waals surface area contributed by atoms with Crippen molar-refractivity contribution in [2.75, 3.05) is 6.54 Å². The maximum absolute atomic E-state index is 4.31. The zero-order valence-electron chi connectivity index (χ0n) is 13.3. The van der Waals surface area contributed by atoms with Gasteiger partial charge in [-0.25, -0.2) is 14.3 Å². The van der Waals surface area contributed by atoms with Gasteiger partial charge in [-0.05, 0) is 18.4 Å². The third kappa shape index (κ3) is 4.93. The second-order valence-electron chi connectivity index (χ2n) is 6.18. The molecular weight excluding hydrogens is 266 g/mol. The van der Waals surface area contributed by atoms with Crippen molar-refractivity contribution in [3.05, 3.63) is 24.0 Å². The number of nitrogens with one attached hydrogen (secondary N) is 1. The normalized spacial score (nSPS) is 11.7. The van der Waals surface area contributed by atoms with Crippen LogP contribution in [0.3, 0.4) is 0 Å². The highest BCUT2D eigenvalue weighted by Gasteiger charge is 2.08.